The number of hydrogen-bond donors (Lipinski definition) is 0. The molecule has 1 atom stereocenters. The molecule has 0 N–H and O–H groups in total. The van der Waals surface area contributed by atoms with Crippen LogP contribution in [0.25, 0.3) is 11.0 Å². The first-order valence-corrected chi connectivity index (χ1v) is 8.22. The second-order valence-corrected chi connectivity index (χ2v) is 6.86. The smallest absolute Gasteiger partial charge is 0.328 e. The van der Waals surface area contributed by atoms with Gasteiger partial charge in [0, 0.05) is 12.5 Å². The van der Waals surface area contributed by atoms with Crippen LogP contribution in [0.15, 0.2) is 18.5 Å². The van der Waals surface area contributed by atoms with Gasteiger partial charge in [-0.3, -0.25) is 9.69 Å². The van der Waals surface area contributed by atoms with E-state index in [4.69, 9.17) is 11.6 Å². The van der Waals surface area contributed by atoms with Gasteiger partial charge in [0.05, 0.1) is 28.5 Å². The van der Waals surface area contributed by atoms with Gasteiger partial charge >= 0.3 is 6.18 Å². The fraction of sp³-hybridized carbons (Fsp3) is 0.500. The topological polar surface area (TPSA) is 38.1 Å². The third-order valence-corrected chi connectivity index (χ3v) is 5.37. The van der Waals surface area contributed by atoms with Crippen LogP contribution >= 0.6 is 11.6 Å². The number of alkyl halides is 3. The molecule has 5 rings (SSSR count). The second-order valence-electron chi connectivity index (χ2n) is 6.45. The Labute approximate surface area is 141 Å². The van der Waals surface area contributed by atoms with E-state index in [0.29, 0.717) is 17.6 Å². The zero-order valence-corrected chi connectivity index (χ0v) is 13.4. The van der Waals surface area contributed by atoms with E-state index < -0.39 is 11.7 Å². The lowest BCUT2D eigenvalue weighted by Gasteiger charge is -2.44. The molecule has 0 aliphatic carbocycles. The zero-order chi connectivity index (χ0) is 17.1. The van der Waals surface area contributed by atoms with Gasteiger partial charge in [0.15, 0.2) is 5.78 Å². The monoisotopic (exact) mass is 357 g/mol. The maximum atomic E-state index is 13.0. The van der Waals surface area contributed by atoms with E-state index in [0.717, 1.165) is 38.1 Å². The lowest BCUT2D eigenvalue weighted by Crippen LogP contribution is -2.56. The molecule has 0 saturated carbocycles. The summed E-state index contributed by atoms with van der Waals surface area (Å²) >= 11 is 5.96. The van der Waals surface area contributed by atoms with E-state index in [-0.39, 0.29) is 22.8 Å². The summed E-state index contributed by atoms with van der Waals surface area (Å²) in [5.74, 6) is 0.275. The summed E-state index contributed by atoms with van der Waals surface area (Å²) in [6, 6.07) is 1.65. The number of nitrogens with zero attached hydrogens (tertiary/aromatic N) is 3. The van der Waals surface area contributed by atoms with Crippen LogP contribution in [0.3, 0.4) is 0 Å². The Hall–Kier alpha value is -1.60. The summed E-state index contributed by atoms with van der Waals surface area (Å²) in [6.07, 6.45) is -1.25. The van der Waals surface area contributed by atoms with E-state index >= 15 is 0 Å². The van der Waals surface area contributed by atoms with Gasteiger partial charge in [0.1, 0.15) is 5.52 Å². The van der Waals surface area contributed by atoms with Gasteiger partial charge in [-0.1, -0.05) is 11.6 Å². The number of halogens is 4. The molecule has 4 heterocycles. The lowest BCUT2D eigenvalue weighted by molar-refractivity contribution is -0.138. The zero-order valence-electron chi connectivity index (χ0n) is 12.7. The van der Waals surface area contributed by atoms with Crippen LogP contribution in [0.4, 0.5) is 13.2 Å². The molecule has 128 valence electrons. The van der Waals surface area contributed by atoms with Crippen molar-refractivity contribution in [1.29, 1.82) is 0 Å². The van der Waals surface area contributed by atoms with Crippen molar-refractivity contribution in [3.05, 3.63) is 29.0 Å². The first kappa shape index (κ1) is 15.9. The summed E-state index contributed by atoms with van der Waals surface area (Å²) < 4.78 is 40.7. The molecule has 3 aliphatic rings. The lowest BCUT2D eigenvalue weighted by atomic mass is 9.82. The second kappa shape index (κ2) is 5.46. The number of imidazole rings is 1. The molecule has 2 bridgehead atoms. The van der Waals surface area contributed by atoms with Crippen molar-refractivity contribution < 1.29 is 18.0 Å². The number of carbonyl (C=O) groups is 1. The molecule has 1 aromatic heterocycles. The molecule has 0 amide bonds. The van der Waals surface area contributed by atoms with Crippen molar-refractivity contribution in [3.8, 4) is 0 Å². The first-order valence-electron chi connectivity index (χ1n) is 7.84. The average Bonchev–Trinajstić information content (AvgIpc) is 2.94. The van der Waals surface area contributed by atoms with Crippen molar-refractivity contribution in [1.82, 2.24) is 14.5 Å². The van der Waals surface area contributed by atoms with Crippen LogP contribution in [-0.2, 0) is 17.5 Å². The summed E-state index contributed by atoms with van der Waals surface area (Å²) in [5.41, 5.74) is -0.170. The highest BCUT2D eigenvalue weighted by molar-refractivity contribution is 6.35. The van der Waals surface area contributed by atoms with Crippen LogP contribution in [0.1, 0.15) is 18.4 Å². The number of fused-ring (bicyclic) bond motifs is 4. The maximum absolute atomic E-state index is 13.0. The van der Waals surface area contributed by atoms with Gasteiger partial charge in [-0.2, -0.15) is 13.2 Å². The van der Waals surface area contributed by atoms with E-state index in [1.807, 2.05) is 0 Å². The Morgan fingerprint density at radius 2 is 1.96 bits per heavy atom. The van der Waals surface area contributed by atoms with Gasteiger partial charge in [-0.25, -0.2) is 4.98 Å². The highest BCUT2D eigenvalue weighted by atomic mass is 35.5. The van der Waals surface area contributed by atoms with Gasteiger partial charge in [0.2, 0.25) is 0 Å². The minimum atomic E-state index is -4.48. The predicted octanol–water partition coefficient (Wildman–Crippen LogP) is 3.37. The number of aromatic nitrogens is 2. The number of benzene rings is 1. The molecular formula is C16H15ClF3N3O. The fourth-order valence-electron chi connectivity index (χ4n) is 3.77. The first-order chi connectivity index (χ1) is 11.3. The standard InChI is InChI=1S/C16H15ClF3N3O/c17-11-5-10(16(18,19)20)6-12-14(11)21-8-23(12)7-13-15(24)9-1-3-22(13)4-2-9/h5-6,8-9,13H,1-4,7H2. The SMILES string of the molecule is O=C1C2CCN(CC2)C1Cn1cnc2c(Cl)cc(C(F)(F)F)cc21. The van der Waals surface area contributed by atoms with E-state index in [9.17, 15) is 18.0 Å². The Kier molecular flexibility index (Phi) is 3.61. The largest absolute Gasteiger partial charge is 0.416 e. The molecule has 2 aromatic rings. The highest BCUT2D eigenvalue weighted by Gasteiger charge is 2.41. The van der Waals surface area contributed by atoms with E-state index in [2.05, 4.69) is 9.88 Å². The van der Waals surface area contributed by atoms with Crippen LogP contribution in [0, 0.1) is 5.92 Å². The summed E-state index contributed by atoms with van der Waals surface area (Å²) in [7, 11) is 0. The Balaban J connectivity index is 1.72. The average molecular weight is 358 g/mol. The van der Waals surface area contributed by atoms with Gasteiger partial charge in [-0.05, 0) is 38.1 Å². The summed E-state index contributed by atoms with van der Waals surface area (Å²) in [4.78, 5) is 18.7. The van der Waals surface area contributed by atoms with E-state index in [1.165, 1.54) is 6.33 Å². The molecular weight excluding hydrogens is 343 g/mol. The molecule has 1 aromatic carbocycles. The predicted molar refractivity (Wildman–Crippen MR) is 82.8 cm³/mol. The number of Topliss-reactive ketones (excluding diaryl/α,β-unsaturated/α-hetero) is 1. The number of carbonyl (C=O) groups excluding carboxylic acids is 1. The van der Waals surface area contributed by atoms with Crippen molar-refractivity contribution in [3.63, 3.8) is 0 Å². The van der Waals surface area contributed by atoms with Crippen LogP contribution in [-0.4, -0.2) is 39.4 Å². The normalized spacial score (nSPS) is 27.2. The molecule has 3 aliphatic heterocycles. The van der Waals surface area contributed by atoms with Crippen molar-refractivity contribution >= 4 is 28.4 Å². The molecule has 4 nitrogen and oxygen atoms in total. The summed E-state index contributed by atoms with van der Waals surface area (Å²) in [5, 5.41) is -0.0321. The van der Waals surface area contributed by atoms with Crippen LogP contribution in [0.5, 0.6) is 0 Å². The van der Waals surface area contributed by atoms with Crippen molar-refractivity contribution in [2.45, 2.75) is 31.6 Å². The Morgan fingerprint density at radius 1 is 1.25 bits per heavy atom. The maximum Gasteiger partial charge on any atom is 0.416 e. The Bertz CT molecular complexity index is 809. The quantitative estimate of drug-likeness (QED) is 0.827. The van der Waals surface area contributed by atoms with Gasteiger partial charge < -0.3 is 4.57 Å². The molecule has 3 fully saturated rings. The van der Waals surface area contributed by atoms with Crippen molar-refractivity contribution in [2.24, 2.45) is 5.92 Å². The van der Waals surface area contributed by atoms with E-state index in [1.54, 1.807) is 4.57 Å². The fourth-order valence-corrected chi connectivity index (χ4v) is 4.03. The van der Waals surface area contributed by atoms with Gasteiger partial charge in [-0.15, -0.1) is 0 Å². The molecule has 0 radical (unpaired) electrons. The third kappa shape index (κ3) is 2.50. The molecule has 0 spiro atoms. The number of ketones is 1. The number of hydrogen-bond acceptors (Lipinski definition) is 3. The third-order valence-electron chi connectivity index (χ3n) is 5.08. The molecule has 1 unspecified atom stereocenters. The Morgan fingerprint density at radius 3 is 2.58 bits per heavy atom. The molecule has 3 saturated heterocycles. The minimum absolute atomic E-state index is 0.0321. The molecule has 8 heteroatoms. The summed E-state index contributed by atoms with van der Waals surface area (Å²) in [6.45, 7) is 2.04. The van der Waals surface area contributed by atoms with Gasteiger partial charge in [0.25, 0.3) is 0 Å². The van der Waals surface area contributed by atoms with Crippen LogP contribution < -0.4 is 0 Å². The molecule has 24 heavy (non-hydrogen) atoms. The van der Waals surface area contributed by atoms with Crippen molar-refractivity contribution in [2.75, 3.05) is 13.1 Å². The minimum Gasteiger partial charge on any atom is -0.328 e. The van der Waals surface area contributed by atoms with Crippen LogP contribution in [0.2, 0.25) is 5.02 Å². The number of piperidine rings is 3. The number of rotatable bonds is 2. The highest BCUT2D eigenvalue weighted by Crippen LogP contribution is 2.35.